The number of aromatic nitrogens is 3. The minimum atomic E-state index is -0.346. The van der Waals surface area contributed by atoms with E-state index < -0.39 is 0 Å². The summed E-state index contributed by atoms with van der Waals surface area (Å²) in [5.41, 5.74) is 5.56. The first kappa shape index (κ1) is 23.2. The van der Waals surface area contributed by atoms with Crippen molar-refractivity contribution in [2.75, 3.05) is 25.1 Å². The number of hydrogen-bond acceptors (Lipinski definition) is 6. The molecule has 3 aromatic rings. The van der Waals surface area contributed by atoms with Crippen molar-refractivity contribution in [2.24, 2.45) is 0 Å². The van der Waals surface area contributed by atoms with E-state index in [1.54, 1.807) is 0 Å². The Morgan fingerprint density at radius 1 is 1.03 bits per heavy atom. The zero-order valence-electron chi connectivity index (χ0n) is 19.4. The Kier molecular flexibility index (Phi) is 7.54. The molecule has 2 heterocycles. The van der Waals surface area contributed by atoms with Gasteiger partial charge < -0.3 is 15.1 Å². The third-order valence-corrected chi connectivity index (χ3v) is 6.76. The van der Waals surface area contributed by atoms with Gasteiger partial charge in [0.2, 0.25) is 11.1 Å². The van der Waals surface area contributed by atoms with E-state index in [1.165, 1.54) is 11.8 Å². The van der Waals surface area contributed by atoms with Crippen molar-refractivity contribution in [3.05, 3.63) is 60.2 Å². The predicted octanol–water partition coefficient (Wildman–Crippen LogP) is 4.75. The molecule has 4 rings (SSSR count). The van der Waals surface area contributed by atoms with Crippen LogP contribution in [0.15, 0.2) is 59.8 Å². The smallest absolute Gasteiger partial charge is 0.238 e. The second-order valence-electron chi connectivity index (χ2n) is 7.98. The molecule has 2 atom stereocenters. The summed E-state index contributed by atoms with van der Waals surface area (Å²) in [6, 6.07) is 17.7. The van der Waals surface area contributed by atoms with Gasteiger partial charge in [0.25, 0.3) is 0 Å². The van der Waals surface area contributed by atoms with Crippen LogP contribution in [0.25, 0.3) is 11.4 Å². The molecule has 0 unspecified atom stereocenters. The second kappa shape index (κ2) is 10.7. The topological polar surface area (TPSA) is 72.3 Å². The summed E-state index contributed by atoms with van der Waals surface area (Å²) in [5.74, 6) is 1.69. The maximum atomic E-state index is 13.7. The first-order valence-corrected chi connectivity index (χ1v) is 12.5. The van der Waals surface area contributed by atoms with Crippen molar-refractivity contribution >= 4 is 17.7 Å². The zero-order valence-corrected chi connectivity index (χ0v) is 20.2. The van der Waals surface area contributed by atoms with E-state index in [-0.39, 0.29) is 17.2 Å². The van der Waals surface area contributed by atoms with Gasteiger partial charge in [-0.2, -0.15) is 0 Å². The number of ether oxygens (including phenoxy) is 1. The Hall–Kier alpha value is -3.00. The summed E-state index contributed by atoms with van der Waals surface area (Å²) < 4.78 is 7.53. The molecule has 174 valence electrons. The molecule has 0 bridgehead atoms. The Bertz CT molecular complexity index is 1050. The molecule has 2 aromatic carbocycles. The van der Waals surface area contributed by atoms with Crippen LogP contribution in [-0.2, 0) is 4.79 Å². The average molecular weight is 466 g/mol. The van der Waals surface area contributed by atoms with Crippen LogP contribution in [0.3, 0.4) is 0 Å². The van der Waals surface area contributed by atoms with Gasteiger partial charge in [0.1, 0.15) is 11.0 Å². The lowest BCUT2D eigenvalue weighted by molar-refractivity contribution is -0.131. The normalized spacial score (nSPS) is 17.2. The number of nitrogens with zero attached hydrogens (tertiary/aromatic N) is 4. The van der Waals surface area contributed by atoms with E-state index >= 15 is 0 Å². The van der Waals surface area contributed by atoms with Gasteiger partial charge in [0, 0.05) is 18.7 Å². The number of amides is 1. The number of nitrogens with one attached hydrogen (secondary N) is 1. The van der Waals surface area contributed by atoms with Crippen molar-refractivity contribution in [3.8, 4) is 17.1 Å². The third-order valence-electron chi connectivity index (χ3n) is 5.56. The summed E-state index contributed by atoms with van der Waals surface area (Å²) in [7, 11) is 0. The molecule has 1 aliphatic heterocycles. The van der Waals surface area contributed by atoms with E-state index in [1.807, 2.05) is 71.1 Å². The van der Waals surface area contributed by atoms with Crippen LogP contribution in [0.5, 0.6) is 5.75 Å². The number of rotatable bonds is 9. The van der Waals surface area contributed by atoms with E-state index in [2.05, 4.69) is 29.5 Å². The van der Waals surface area contributed by atoms with Crippen molar-refractivity contribution in [1.29, 1.82) is 0 Å². The predicted molar refractivity (Wildman–Crippen MR) is 132 cm³/mol. The number of carbonyl (C=O) groups is 1. The highest BCUT2D eigenvalue weighted by atomic mass is 32.2. The maximum Gasteiger partial charge on any atom is 0.238 e. The molecule has 0 radical (unpaired) electrons. The molecule has 0 aliphatic carbocycles. The lowest BCUT2D eigenvalue weighted by atomic mass is 10.0. The second-order valence-corrected chi connectivity index (χ2v) is 9.09. The first-order chi connectivity index (χ1) is 16.2. The van der Waals surface area contributed by atoms with Gasteiger partial charge in [-0.05, 0) is 37.5 Å². The van der Waals surface area contributed by atoms with Crippen LogP contribution < -0.4 is 10.2 Å². The van der Waals surface area contributed by atoms with Crippen molar-refractivity contribution < 1.29 is 9.53 Å². The molecular formula is C25H31N5O2S. The number of thioether (sulfide) groups is 1. The van der Waals surface area contributed by atoms with Gasteiger partial charge in [-0.15, -0.1) is 10.2 Å². The molecular weight excluding hydrogens is 434 g/mol. The SMILES string of the molecule is CCCN(CCC)C(=O)[C@H]1Sc2nnc(-c3ccccc3)n2N[C@H]1c1ccc(OCC)cc1. The summed E-state index contributed by atoms with van der Waals surface area (Å²) in [6.45, 7) is 8.30. The highest BCUT2D eigenvalue weighted by molar-refractivity contribution is 8.00. The summed E-state index contributed by atoms with van der Waals surface area (Å²) in [5, 5.41) is 9.19. The van der Waals surface area contributed by atoms with E-state index in [9.17, 15) is 4.79 Å². The molecule has 0 saturated carbocycles. The minimum Gasteiger partial charge on any atom is -0.494 e. The molecule has 33 heavy (non-hydrogen) atoms. The first-order valence-electron chi connectivity index (χ1n) is 11.6. The summed E-state index contributed by atoms with van der Waals surface area (Å²) in [6.07, 6.45) is 1.86. The van der Waals surface area contributed by atoms with Crippen LogP contribution in [0, 0.1) is 0 Å². The Labute approximate surface area is 199 Å². The van der Waals surface area contributed by atoms with Gasteiger partial charge in [-0.1, -0.05) is 68.1 Å². The van der Waals surface area contributed by atoms with Gasteiger partial charge in [-0.3, -0.25) is 4.79 Å². The lowest BCUT2D eigenvalue weighted by Crippen LogP contribution is -2.46. The Morgan fingerprint density at radius 3 is 2.36 bits per heavy atom. The van der Waals surface area contributed by atoms with Crippen molar-refractivity contribution in [2.45, 2.75) is 50.1 Å². The largest absolute Gasteiger partial charge is 0.494 e. The molecule has 8 heteroatoms. The molecule has 0 saturated heterocycles. The molecule has 0 fully saturated rings. The molecule has 0 spiro atoms. The standard InChI is InChI=1S/C25H31N5O2S/c1-4-16-29(17-5-2)24(31)22-21(18-12-14-20(15-13-18)32-6-3)28-30-23(26-27-25(30)33-22)19-10-8-7-9-11-19/h7-15,21-22,28H,4-6,16-17H2,1-3H3/t21-,22-/m0/s1. The fraction of sp³-hybridized carbons (Fsp3) is 0.400. The monoisotopic (exact) mass is 465 g/mol. The highest BCUT2D eigenvalue weighted by Gasteiger charge is 2.39. The van der Waals surface area contributed by atoms with Gasteiger partial charge >= 0.3 is 0 Å². The maximum absolute atomic E-state index is 13.7. The molecule has 1 N–H and O–H groups in total. The lowest BCUT2D eigenvalue weighted by Gasteiger charge is -2.36. The average Bonchev–Trinajstić information content (AvgIpc) is 3.27. The molecule has 1 amide bonds. The van der Waals surface area contributed by atoms with Crippen LogP contribution >= 0.6 is 11.8 Å². The number of fused-ring (bicyclic) bond motifs is 1. The molecule has 1 aliphatic rings. The quantitative estimate of drug-likeness (QED) is 0.492. The third kappa shape index (κ3) is 5.00. The van der Waals surface area contributed by atoms with Crippen LogP contribution in [-0.4, -0.2) is 50.6 Å². The fourth-order valence-electron chi connectivity index (χ4n) is 4.06. The van der Waals surface area contributed by atoms with Crippen molar-refractivity contribution in [1.82, 2.24) is 19.8 Å². The van der Waals surface area contributed by atoms with Crippen LogP contribution in [0.2, 0.25) is 0 Å². The Morgan fingerprint density at radius 2 is 1.73 bits per heavy atom. The van der Waals surface area contributed by atoms with Crippen LogP contribution in [0.1, 0.15) is 45.2 Å². The molecule has 7 nitrogen and oxygen atoms in total. The van der Waals surface area contributed by atoms with E-state index in [4.69, 9.17) is 4.74 Å². The van der Waals surface area contributed by atoms with Gasteiger partial charge in [0.05, 0.1) is 12.6 Å². The van der Waals surface area contributed by atoms with Gasteiger partial charge in [0.15, 0.2) is 5.82 Å². The van der Waals surface area contributed by atoms with E-state index in [0.29, 0.717) is 11.8 Å². The minimum absolute atomic E-state index is 0.130. The number of benzene rings is 2. The molecule has 1 aromatic heterocycles. The fourth-order valence-corrected chi connectivity index (χ4v) is 5.22. The zero-order chi connectivity index (χ0) is 23.2. The van der Waals surface area contributed by atoms with Crippen LogP contribution in [0.4, 0.5) is 0 Å². The number of hydrogen-bond donors (Lipinski definition) is 1. The van der Waals surface area contributed by atoms with E-state index in [0.717, 1.165) is 48.6 Å². The number of carbonyl (C=O) groups excluding carboxylic acids is 1. The van der Waals surface area contributed by atoms with Crippen molar-refractivity contribution in [3.63, 3.8) is 0 Å². The Balaban J connectivity index is 1.71. The van der Waals surface area contributed by atoms with Gasteiger partial charge in [-0.25, -0.2) is 4.68 Å². The highest BCUT2D eigenvalue weighted by Crippen LogP contribution is 2.39. The summed E-state index contributed by atoms with van der Waals surface area (Å²) in [4.78, 5) is 15.7. The summed E-state index contributed by atoms with van der Waals surface area (Å²) >= 11 is 1.48.